The SMILES string of the molecule is CCCCN(C)C(=O)C1CCN(C(=O)c2cc(Cl)c(-n3cccc3)cc2OC)CC1. The van der Waals surface area contributed by atoms with E-state index >= 15 is 0 Å². The zero-order chi connectivity index (χ0) is 21.7. The molecule has 1 fully saturated rings. The molecule has 1 aliphatic heterocycles. The van der Waals surface area contributed by atoms with Gasteiger partial charge in [0.15, 0.2) is 0 Å². The lowest BCUT2D eigenvalue weighted by Crippen LogP contribution is -2.43. The van der Waals surface area contributed by atoms with Crippen LogP contribution in [-0.4, -0.2) is 60.0 Å². The number of hydrogen-bond donors (Lipinski definition) is 0. The molecule has 2 amide bonds. The zero-order valence-electron chi connectivity index (χ0n) is 17.9. The van der Waals surface area contributed by atoms with Crippen molar-refractivity contribution in [3.63, 3.8) is 0 Å². The Balaban J connectivity index is 1.69. The van der Waals surface area contributed by atoms with Gasteiger partial charge in [-0.2, -0.15) is 0 Å². The summed E-state index contributed by atoms with van der Waals surface area (Å²) in [6.07, 6.45) is 7.22. The number of hydrogen-bond acceptors (Lipinski definition) is 3. The molecule has 0 spiro atoms. The number of rotatable bonds is 7. The summed E-state index contributed by atoms with van der Waals surface area (Å²) >= 11 is 6.48. The van der Waals surface area contributed by atoms with Gasteiger partial charge in [0.25, 0.3) is 5.91 Å². The van der Waals surface area contributed by atoms with Gasteiger partial charge in [0.05, 0.1) is 23.4 Å². The zero-order valence-corrected chi connectivity index (χ0v) is 18.7. The van der Waals surface area contributed by atoms with Crippen LogP contribution < -0.4 is 4.74 Å². The quantitative estimate of drug-likeness (QED) is 0.658. The van der Waals surface area contributed by atoms with Gasteiger partial charge in [-0.25, -0.2) is 0 Å². The normalized spacial score (nSPS) is 14.6. The van der Waals surface area contributed by atoms with Gasteiger partial charge in [0, 0.05) is 51.1 Å². The molecule has 0 unspecified atom stereocenters. The Morgan fingerprint density at radius 3 is 2.47 bits per heavy atom. The Hall–Kier alpha value is -2.47. The van der Waals surface area contributed by atoms with E-state index in [1.54, 1.807) is 24.1 Å². The van der Waals surface area contributed by atoms with Crippen LogP contribution in [0.1, 0.15) is 43.0 Å². The summed E-state index contributed by atoms with van der Waals surface area (Å²) < 4.78 is 7.38. The number of methoxy groups -OCH3 is 1. The van der Waals surface area contributed by atoms with Crippen LogP contribution in [-0.2, 0) is 4.79 Å². The molecule has 6 nitrogen and oxygen atoms in total. The van der Waals surface area contributed by atoms with Crippen molar-refractivity contribution in [2.75, 3.05) is 33.8 Å². The second-order valence-electron chi connectivity index (χ2n) is 7.77. The lowest BCUT2D eigenvalue weighted by atomic mass is 9.94. The first kappa shape index (κ1) is 22.2. The van der Waals surface area contributed by atoms with Crippen LogP contribution in [0.4, 0.5) is 0 Å². The lowest BCUT2D eigenvalue weighted by Gasteiger charge is -2.33. The van der Waals surface area contributed by atoms with E-state index in [2.05, 4.69) is 6.92 Å². The molecule has 162 valence electrons. The molecule has 0 bridgehead atoms. The van der Waals surface area contributed by atoms with Crippen LogP contribution in [0.5, 0.6) is 5.75 Å². The van der Waals surface area contributed by atoms with E-state index in [1.165, 1.54) is 0 Å². The van der Waals surface area contributed by atoms with E-state index in [-0.39, 0.29) is 17.7 Å². The van der Waals surface area contributed by atoms with Crippen LogP contribution in [0.3, 0.4) is 0 Å². The molecule has 0 radical (unpaired) electrons. The predicted molar refractivity (Wildman–Crippen MR) is 119 cm³/mol. The van der Waals surface area contributed by atoms with Gasteiger partial charge in [-0.1, -0.05) is 24.9 Å². The van der Waals surface area contributed by atoms with Crippen LogP contribution in [0.15, 0.2) is 36.7 Å². The van der Waals surface area contributed by atoms with Crippen molar-refractivity contribution in [3.8, 4) is 11.4 Å². The van der Waals surface area contributed by atoms with Gasteiger partial charge in [-0.3, -0.25) is 9.59 Å². The summed E-state index contributed by atoms with van der Waals surface area (Å²) in [5.41, 5.74) is 1.21. The molecule has 0 aliphatic carbocycles. The minimum atomic E-state index is -0.113. The Kier molecular flexibility index (Phi) is 7.43. The summed E-state index contributed by atoms with van der Waals surface area (Å²) in [5.74, 6) is 0.549. The molecule has 2 heterocycles. The Labute approximate surface area is 183 Å². The minimum absolute atomic E-state index is 0.0162. The number of carbonyl (C=O) groups excluding carboxylic acids is 2. The smallest absolute Gasteiger partial charge is 0.257 e. The predicted octanol–water partition coefficient (Wildman–Crippen LogP) is 4.25. The molecule has 1 saturated heterocycles. The molecule has 0 saturated carbocycles. The number of piperidine rings is 1. The maximum absolute atomic E-state index is 13.2. The maximum atomic E-state index is 13.2. The van der Waals surface area contributed by atoms with Gasteiger partial charge >= 0.3 is 0 Å². The molecule has 1 aliphatic rings. The molecule has 0 atom stereocenters. The molecule has 7 heteroatoms. The van der Waals surface area contributed by atoms with Gasteiger partial charge in [-0.05, 0) is 37.5 Å². The highest BCUT2D eigenvalue weighted by Crippen LogP contribution is 2.32. The fourth-order valence-electron chi connectivity index (χ4n) is 3.89. The fraction of sp³-hybridized carbons (Fsp3) is 0.478. The summed E-state index contributed by atoms with van der Waals surface area (Å²) in [5, 5.41) is 0.484. The van der Waals surface area contributed by atoms with Crippen LogP contribution >= 0.6 is 11.6 Å². The molecule has 0 N–H and O–H groups in total. The number of carbonyl (C=O) groups is 2. The van der Waals surface area contributed by atoms with Crippen LogP contribution in [0, 0.1) is 5.92 Å². The number of nitrogens with zero attached hydrogens (tertiary/aromatic N) is 3. The lowest BCUT2D eigenvalue weighted by molar-refractivity contribution is -0.135. The van der Waals surface area contributed by atoms with Crippen molar-refractivity contribution in [2.24, 2.45) is 5.92 Å². The topological polar surface area (TPSA) is 54.8 Å². The van der Waals surface area contributed by atoms with Crippen molar-refractivity contribution in [1.82, 2.24) is 14.4 Å². The first-order valence-electron chi connectivity index (χ1n) is 10.5. The van der Waals surface area contributed by atoms with Gasteiger partial charge in [0.1, 0.15) is 5.75 Å². The number of halogens is 1. The monoisotopic (exact) mass is 431 g/mol. The Morgan fingerprint density at radius 1 is 1.20 bits per heavy atom. The maximum Gasteiger partial charge on any atom is 0.257 e. The minimum Gasteiger partial charge on any atom is -0.496 e. The van der Waals surface area contributed by atoms with Crippen molar-refractivity contribution < 1.29 is 14.3 Å². The summed E-state index contributed by atoms with van der Waals surface area (Å²) in [6.45, 7) is 4.01. The van der Waals surface area contributed by atoms with E-state index in [0.29, 0.717) is 42.3 Å². The molecule has 1 aromatic heterocycles. The number of unbranched alkanes of at least 4 members (excludes halogenated alkanes) is 1. The highest BCUT2D eigenvalue weighted by atomic mass is 35.5. The standard InChI is InChI=1S/C23H30ClN3O3/c1-4-5-10-25(2)22(28)17-8-13-27(14-9-17)23(29)18-15-19(24)20(16-21(18)30-3)26-11-6-7-12-26/h6-7,11-12,15-17H,4-5,8-10,13-14H2,1-3H3. The first-order valence-corrected chi connectivity index (χ1v) is 10.9. The van der Waals surface area contributed by atoms with E-state index in [0.717, 1.165) is 25.1 Å². The van der Waals surface area contributed by atoms with Crippen molar-refractivity contribution in [2.45, 2.75) is 32.6 Å². The third kappa shape index (κ3) is 4.81. The van der Waals surface area contributed by atoms with Gasteiger partial charge in [-0.15, -0.1) is 0 Å². The molecular weight excluding hydrogens is 402 g/mol. The van der Waals surface area contributed by atoms with Crippen molar-refractivity contribution in [3.05, 3.63) is 47.2 Å². The average Bonchev–Trinajstić information content (AvgIpc) is 3.31. The van der Waals surface area contributed by atoms with Gasteiger partial charge in [0.2, 0.25) is 5.91 Å². The molecule has 2 aromatic rings. The molecule has 1 aromatic carbocycles. The summed E-state index contributed by atoms with van der Waals surface area (Å²) in [7, 11) is 3.42. The Morgan fingerprint density at radius 2 is 1.87 bits per heavy atom. The summed E-state index contributed by atoms with van der Waals surface area (Å²) in [4.78, 5) is 29.4. The highest BCUT2D eigenvalue weighted by molar-refractivity contribution is 6.33. The first-order chi connectivity index (χ1) is 14.5. The number of ether oxygens (including phenoxy) is 1. The van der Waals surface area contributed by atoms with Crippen LogP contribution in [0.25, 0.3) is 5.69 Å². The highest BCUT2D eigenvalue weighted by Gasteiger charge is 2.30. The van der Waals surface area contributed by atoms with E-state index in [1.807, 2.05) is 41.0 Å². The van der Waals surface area contributed by atoms with Crippen LogP contribution in [0.2, 0.25) is 5.02 Å². The van der Waals surface area contributed by atoms with Crippen molar-refractivity contribution in [1.29, 1.82) is 0 Å². The second-order valence-corrected chi connectivity index (χ2v) is 8.18. The fourth-order valence-corrected chi connectivity index (χ4v) is 4.15. The van der Waals surface area contributed by atoms with E-state index in [4.69, 9.17) is 16.3 Å². The Bertz CT molecular complexity index is 874. The largest absolute Gasteiger partial charge is 0.496 e. The number of likely N-dealkylation sites (tertiary alicyclic amines) is 1. The van der Waals surface area contributed by atoms with E-state index in [9.17, 15) is 9.59 Å². The third-order valence-corrected chi connectivity index (χ3v) is 6.04. The van der Waals surface area contributed by atoms with Crippen molar-refractivity contribution >= 4 is 23.4 Å². The number of aromatic nitrogens is 1. The molecule has 30 heavy (non-hydrogen) atoms. The van der Waals surface area contributed by atoms with Gasteiger partial charge < -0.3 is 19.1 Å². The number of benzene rings is 1. The third-order valence-electron chi connectivity index (χ3n) is 5.74. The second kappa shape index (κ2) is 10.0. The molecule has 3 rings (SSSR count). The summed E-state index contributed by atoms with van der Waals surface area (Å²) in [6, 6.07) is 7.28. The van der Waals surface area contributed by atoms with E-state index < -0.39 is 0 Å². The number of amides is 2. The average molecular weight is 432 g/mol. The molecular formula is C23H30ClN3O3.